The first-order chi connectivity index (χ1) is 7.00. The van der Waals surface area contributed by atoms with Gasteiger partial charge in [0.2, 0.25) is 0 Å². The topological polar surface area (TPSA) is 68.3 Å². The lowest BCUT2D eigenvalue weighted by Gasteiger charge is -1.63. The van der Waals surface area contributed by atoms with Crippen LogP contribution in [0, 0.1) is 0 Å². The molecule has 0 atom stereocenters. The van der Waals surface area contributed by atoms with Gasteiger partial charge in [0.15, 0.2) is 0 Å². The van der Waals surface area contributed by atoms with Gasteiger partial charge in [0.25, 0.3) is 20.4 Å². The summed E-state index contributed by atoms with van der Waals surface area (Å²) < 4.78 is 57.2. The van der Waals surface area contributed by atoms with E-state index in [9.17, 15) is 7.77 Å². The highest BCUT2D eigenvalue weighted by Gasteiger charge is 1.86. The Labute approximate surface area is 99.5 Å². The third kappa shape index (κ3) is 38900. The molecule has 0 saturated carbocycles. The van der Waals surface area contributed by atoms with Crippen LogP contribution in [0.3, 0.4) is 0 Å². The summed E-state index contributed by atoms with van der Waals surface area (Å²) in [7, 11) is -8.33. The van der Waals surface area contributed by atoms with Crippen LogP contribution in [0.1, 0.15) is 41.5 Å². The minimum atomic E-state index is -4.17. The second kappa shape index (κ2) is 20.2. The van der Waals surface area contributed by atoms with Crippen molar-refractivity contribution in [3.05, 3.63) is 0 Å². The minimum absolute atomic E-state index is 0.493. The first kappa shape index (κ1) is 29.7. The molecule has 0 unspecified atom stereocenters. The van der Waals surface area contributed by atoms with Crippen LogP contribution in [0.25, 0.3) is 0 Å². The SMILES string of the molecule is CC.CC.CC.CS(=O)(=O)F.CS(=O)(=O)F. The van der Waals surface area contributed by atoms with Crippen molar-refractivity contribution in [3.8, 4) is 0 Å². The van der Waals surface area contributed by atoms with E-state index in [-0.39, 0.29) is 0 Å². The van der Waals surface area contributed by atoms with Gasteiger partial charge in [0, 0.05) is 0 Å². The molecule has 0 amide bonds. The largest absolute Gasteiger partial charge is 0.299 e. The summed E-state index contributed by atoms with van der Waals surface area (Å²) in [5, 5.41) is 0. The zero-order chi connectivity index (χ0) is 15.0. The second-order valence-corrected chi connectivity index (χ2v) is 4.09. The monoisotopic (exact) mass is 286 g/mol. The molecule has 0 aliphatic rings. The summed E-state index contributed by atoms with van der Waals surface area (Å²) >= 11 is 0. The summed E-state index contributed by atoms with van der Waals surface area (Å²) in [6, 6.07) is 0. The van der Waals surface area contributed by atoms with Crippen LogP contribution in [-0.4, -0.2) is 29.3 Å². The number of hydrogen-bond acceptors (Lipinski definition) is 4. The van der Waals surface area contributed by atoms with Gasteiger partial charge in [-0.15, -0.1) is 7.77 Å². The minimum Gasteiger partial charge on any atom is -0.195 e. The van der Waals surface area contributed by atoms with Gasteiger partial charge in [-0.3, -0.25) is 0 Å². The highest BCUT2D eigenvalue weighted by atomic mass is 32.3. The zero-order valence-corrected chi connectivity index (χ0v) is 12.8. The summed E-state index contributed by atoms with van der Waals surface area (Å²) in [6.07, 6.45) is 0.986. The Bertz CT molecular complexity index is 224. The van der Waals surface area contributed by atoms with Crippen LogP contribution in [0.2, 0.25) is 0 Å². The Morgan fingerprint density at radius 2 is 0.562 bits per heavy atom. The Morgan fingerprint density at radius 3 is 0.562 bits per heavy atom. The molecule has 0 radical (unpaired) electrons. The third-order valence-corrected chi connectivity index (χ3v) is 0. The van der Waals surface area contributed by atoms with Crippen molar-refractivity contribution in [2.45, 2.75) is 41.5 Å². The summed E-state index contributed by atoms with van der Waals surface area (Å²) in [6.45, 7) is 12.0. The van der Waals surface area contributed by atoms with Crippen molar-refractivity contribution in [1.29, 1.82) is 0 Å². The molecule has 0 aromatic rings. The van der Waals surface area contributed by atoms with Crippen molar-refractivity contribution < 1.29 is 24.6 Å². The maximum absolute atomic E-state index is 10.7. The van der Waals surface area contributed by atoms with Crippen molar-refractivity contribution in [1.82, 2.24) is 0 Å². The molecule has 0 N–H and O–H groups in total. The van der Waals surface area contributed by atoms with Gasteiger partial charge in [0.05, 0.1) is 12.5 Å². The van der Waals surface area contributed by atoms with E-state index in [2.05, 4.69) is 0 Å². The summed E-state index contributed by atoms with van der Waals surface area (Å²) in [4.78, 5) is 0. The van der Waals surface area contributed by atoms with E-state index in [0.717, 1.165) is 0 Å². The quantitative estimate of drug-likeness (QED) is 0.642. The lowest BCUT2D eigenvalue weighted by atomic mass is 11.0. The molecule has 106 valence electrons. The molecule has 0 aliphatic heterocycles. The predicted octanol–water partition coefficient (Wildman–Crippen LogP) is 2.91. The summed E-state index contributed by atoms with van der Waals surface area (Å²) in [5.74, 6) is 0. The smallest absolute Gasteiger partial charge is 0.195 e. The lowest BCUT2D eigenvalue weighted by Crippen LogP contribution is -1.78. The van der Waals surface area contributed by atoms with Gasteiger partial charge in [0.1, 0.15) is 0 Å². The molecular formula is C8H24F2O4S2. The molecule has 0 heterocycles. The highest BCUT2D eigenvalue weighted by molar-refractivity contribution is 7.85. The van der Waals surface area contributed by atoms with Crippen molar-refractivity contribution in [2.75, 3.05) is 12.5 Å². The van der Waals surface area contributed by atoms with E-state index in [1.54, 1.807) is 0 Å². The van der Waals surface area contributed by atoms with E-state index in [1.807, 2.05) is 41.5 Å². The second-order valence-electron chi connectivity index (χ2n) is 1.36. The molecule has 0 aromatic heterocycles. The standard InChI is InChI=1S/3C2H6.2CH3FO2S/c3*1-2;2*1-5(2,3)4/h3*1-2H3;2*1H3. The fourth-order valence-corrected chi connectivity index (χ4v) is 0. The number of halogens is 2. The predicted molar refractivity (Wildman–Crippen MR) is 65.9 cm³/mol. The van der Waals surface area contributed by atoms with E-state index in [0.29, 0.717) is 12.5 Å². The van der Waals surface area contributed by atoms with Gasteiger partial charge < -0.3 is 0 Å². The average molecular weight is 286 g/mol. The van der Waals surface area contributed by atoms with Crippen LogP contribution in [0.4, 0.5) is 7.77 Å². The molecule has 0 saturated heterocycles. The summed E-state index contributed by atoms with van der Waals surface area (Å²) in [5.41, 5.74) is 0. The lowest BCUT2D eigenvalue weighted by molar-refractivity contribution is 0.557. The van der Waals surface area contributed by atoms with Crippen molar-refractivity contribution >= 4 is 20.4 Å². The Kier molecular flexibility index (Phi) is 37.5. The maximum Gasteiger partial charge on any atom is 0.299 e. The van der Waals surface area contributed by atoms with Crippen LogP contribution >= 0.6 is 0 Å². The normalized spacial score (nSPS) is 8.38. The molecule has 0 aliphatic carbocycles. The highest BCUT2D eigenvalue weighted by Crippen LogP contribution is 1.75. The maximum atomic E-state index is 10.7. The zero-order valence-electron chi connectivity index (χ0n) is 11.2. The first-order valence-corrected chi connectivity index (χ1v) is 8.38. The fraction of sp³-hybridized carbons (Fsp3) is 1.00. The van der Waals surface area contributed by atoms with Gasteiger partial charge in [-0.2, -0.15) is 16.8 Å². The number of rotatable bonds is 0. The van der Waals surface area contributed by atoms with Crippen LogP contribution in [0.5, 0.6) is 0 Å². The van der Waals surface area contributed by atoms with Crippen molar-refractivity contribution in [3.63, 3.8) is 0 Å². The van der Waals surface area contributed by atoms with E-state index >= 15 is 0 Å². The van der Waals surface area contributed by atoms with E-state index < -0.39 is 20.4 Å². The van der Waals surface area contributed by atoms with Crippen LogP contribution < -0.4 is 0 Å². The van der Waals surface area contributed by atoms with E-state index in [4.69, 9.17) is 16.8 Å². The average Bonchev–Trinajstić information content (AvgIpc) is 2.08. The molecule has 16 heavy (non-hydrogen) atoms. The Balaban J connectivity index is -0.0000000345. The molecule has 0 fully saturated rings. The molecular weight excluding hydrogens is 262 g/mol. The van der Waals surface area contributed by atoms with Gasteiger partial charge in [-0.25, -0.2) is 0 Å². The molecule has 0 bridgehead atoms. The van der Waals surface area contributed by atoms with Gasteiger partial charge in [-0.05, 0) is 0 Å². The van der Waals surface area contributed by atoms with Gasteiger partial charge >= 0.3 is 0 Å². The fourth-order valence-electron chi connectivity index (χ4n) is 0. The first-order valence-electron chi connectivity index (χ1n) is 4.79. The van der Waals surface area contributed by atoms with Crippen LogP contribution in [-0.2, 0) is 20.4 Å². The molecule has 0 rings (SSSR count). The molecule has 0 aromatic carbocycles. The van der Waals surface area contributed by atoms with Crippen molar-refractivity contribution in [2.24, 2.45) is 0 Å². The molecule has 4 nitrogen and oxygen atoms in total. The molecule has 0 spiro atoms. The molecule has 8 heteroatoms. The Morgan fingerprint density at radius 1 is 0.562 bits per heavy atom. The Hall–Kier alpha value is -0.240. The van der Waals surface area contributed by atoms with Crippen LogP contribution in [0.15, 0.2) is 0 Å². The number of hydrogen-bond donors (Lipinski definition) is 0. The van der Waals surface area contributed by atoms with Gasteiger partial charge in [-0.1, -0.05) is 41.5 Å². The van der Waals surface area contributed by atoms with E-state index in [1.165, 1.54) is 0 Å². The third-order valence-electron chi connectivity index (χ3n) is 0.